The maximum absolute atomic E-state index is 4.30. The first-order valence-corrected chi connectivity index (χ1v) is 6.79. The summed E-state index contributed by atoms with van der Waals surface area (Å²) in [4.78, 5) is 1.01. The van der Waals surface area contributed by atoms with Crippen LogP contribution in [0.4, 0.5) is 0 Å². The molecule has 0 fully saturated rings. The van der Waals surface area contributed by atoms with Crippen LogP contribution in [-0.4, -0.2) is 0 Å². The van der Waals surface area contributed by atoms with Crippen LogP contribution < -0.4 is 4.57 Å². The lowest BCUT2D eigenvalue weighted by molar-refractivity contribution is -0.658. The molecule has 0 bridgehead atoms. The molecular weight excluding hydrogens is 246 g/mol. The van der Waals surface area contributed by atoms with Crippen molar-refractivity contribution in [2.24, 2.45) is 0 Å². The first-order valence-electron chi connectivity index (χ1n) is 5.46. The van der Waals surface area contributed by atoms with Crippen LogP contribution in [0.15, 0.2) is 58.9 Å². The number of thiol groups is 1. The zero-order chi connectivity index (χ0) is 11.7. The Morgan fingerprint density at radius 2 is 1.76 bits per heavy atom. The number of rotatable bonds is 2. The smallest absolute Gasteiger partial charge is 0.184 e. The normalized spacial score (nSPS) is 10.9. The van der Waals surface area contributed by atoms with Gasteiger partial charge in [-0.2, -0.15) is 4.57 Å². The molecule has 17 heavy (non-hydrogen) atoms. The second-order valence-corrected chi connectivity index (χ2v) is 5.39. The number of aromatic nitrogens is 1. The van der Waals surface area contributed by atoms with Crippen LogP contribution in [0.25, 0.3) is 10.2 Å². The van der Waals surface area contributed by atoms with Gasteiger partial charge >= 0.3 is 0 Å². The topological polar surface area (TPSA) is 3.88 Å². The van der Waals surface area contributed by atoms with Gasteiger partial charge in [0.2, 0.25) is 11.0 Å². The molecule has 0 unspecified atom stereocenters. The first kappa shape index (κ1) is 10.8. The van der Waals surface area contributed by atoms with E-state index in [4.69, 9.17) is 0 Å². The largest absolute Gasteiger partial charge is 0.226 e. The van der Waals surface area contributed by atoms with Gasteiger partial charge in [-0.15, -0.1) is 12.6 Å². The average molecular weight is 258 g/mol. The van der Waals surface area contributed by atoms with E-state index in [-0.39, 0.29) is 0 Å². The lowest BCUT2D eigenvalue weighted by Crippen LogP contribution is -2.31. The molecular formula is C14H12NS2+. The number of hydrogen-bond acceptors (Lipinski definition) is 2. The third kappa shape index (κ3) is 2.21. The number of hydrogen-bond donors (Lipinski definition) is 1. The number of fused-ring (bicyclic) bond motifs is 1. The molecule has 0 radical (unpaired) electrons. The highest BCUT2D eigenvalue weighted by Gasteiger charge is 2.10. The van der Waals surface area contributed by atoms with Crippen LogP contribution in [0, 0.1) is 0 Å². The van der Waals surface area contributed by atoms with Crippen molar-refractivity contribution < 1.29 is 4.57 Å². The Morgan fingerprint density at radius 1 is 1.00 bits per heavy atom. The lowest BCUT2D eigenvalue weighted by atomic mass is 10.2. The lowest BCUT2D eigenvalue weighted by Gasteiger charge is -1.97. The van der Waals surface area contributed by atoms with Gasteiger partial charge in [0.05, 0.1) is 0 Å². The molecule has 1 nitrogen and oxygen atoms in total. The summed E-state index contributed by atoms with van der Waals surface area (Å²) in [5.74, 6) is 0. The van der Waals surface area contributed by atoms with E-state index in [2.05, 4.69) is 59.1 Å². The van der Waals surface area contributed by atoms with E-state index in [1.807, 2.05) is 12.1 Å². The van der Waals surface area contributed by atoms with Gasteiger partial charge in [0.1, 0.15) is 4.70 Å². The Bertz CT molecular complexity index is 641. The minimum absolute atomic E-state index is 0.915. The van der Waals surface area contributed by atoms with Crippen LogP contribution >= 0.6 is 24.0 Å². The highest BCUT2D eigenvalue weighted by atomic mass is 32.1. The molecule has 3 aromatic rings. The zero-order valence-corrected chi connectivity index (χ0v) is 10.9. The van der Waals surface area contributed by atoms with Gasteiger partial charge in [-0.1, -0.05) is 35.6 Å². The van der Waals surface area contributed by atoms with Crippen LogP contribution in [0.5, 0.6) is 0 Å². The summed E-state index contributed by atoms with van der Waals surface area (Å²) in [7, 11) is 0. The minimum atomic E-state index is 0.915. The third-order valence-corrected chi connectivity index (χ3v) is 4.03. The summed E-state index contributed by atoms with van der Waals surface area (Å²) in [5, 5.41) is 0. The van der Waals surface area contributed by atoms with Gasteiger partial charge in [0.15, 0.2) is 6.54 Å². The summed E-state index contributed by atoms with van der Waals surface area (Å²) >= 11 is 6.08. The van der Waals surface area contributed by atoms with E-state index < -0.39 is 0 Å². The molecule has 2 aromatic carbocycles. The fraction of sp³-hybridized carbons (Fsp3) is 0.0714. The zero-order valence-electron chi connectivity index (χ0n) is 9.21. The monoisotopic (exact) mass is 258 g/mol. The molecule has 0 aliphatic heterocycles. The molecule has 0 spiro atoms. The fourth-order valence-electron chi connectivity index (χ4n) is 1.89. The summed E-state index contributed by atoms with van der Waals surface area (Å²) < 4.78 is 3.62. The maximum Gasteiger partial charge on any atom is 0.226 e. The first-order chi connectivity index (χ1) is 8.33. The van der Waals surface area contributed by atoms with Gasteiger partial charge in [-0.05, 0) is 18.2 Å². The number of thiazole rings is 1. The van der Waals surface area contributed by atoms with Gasteiger partial charge in [-0.3, -0.25) is 0 Å². The molecule has 0 aliphatic rings. The Kier molecular flexibility index (Phi) is 2.87. The summed E-state index contributed by atoms with van der Waals surface area (Å²) in [6.45, 7) is 0.915. The number of nitrogens with zero attached hydrogens (tertiary/aromatic N) is 1. The molecule has 0 saturated carbocycles. The molecule has 3 rings (SSSR count). The molecule has 0 atom stereocenters. The Labute approximate surface area is 110 Å². The van der Waals surface area contributed by atoms with Gasteiger partial charge in [0, 0.05) is 16.5 Å². The highest BCUT2D eigenvalue weighted by molar-refractivity contribution is 7.80. The standard InChI is InChI=1S/C14H11NS2/c16-12-7-5-11(6-8-12)9-15-10-17-14-4-2-1-3-13(14)15/h1-8,10H,9H2/p+1. The minimum Gasteiger partial charge on any atom is -0.184 e. The average Bonchev–Trinajstić information content (AvgIpc) is 2.76. The Morgan fingerprint density at radius 3 is 2.59 bits per heavy atom. The fourth-order valence-corrected chi connectivity index (χ4v) is 2.93. The molecule has 84 valence electrons. The molecule has 3 heteroatoms. The molecule has 1 heterocycles. The van der Waals surface area contributed by atoms with E-state index in [1.54, 1.807) is 11.3 Å². The summed E-state index contributed by atoms with van der Waals surface area (Å²) in [5.41, 5.74) is 4.78. The summed E-state index contributed by atoms with van der Waals surface area (Å²) in [6.07, 6.45) is 0. The van der Waals surface area contributed by atoms with Crippen molar-refractivity contribution >= 4 is 34.2 Å². The predicted octanol–water partition coefficient (Wildman–Crippen LogP) is 3.53. The summed E-state index contributed by atoms with van der Waals surface area (Å²) in [6, 6.07) is 16.8. The maximum atomic E-state index is 4.30. The van der Waals surface area contributed by atoms with Crippen molar-refractivity contribution in [3.63, 3.8) is 0 Å². The van der Waals surface area contributed by atoms with Crippen molar-refractivity contribution in [1.82, 2.24) is 0 Å². The third-order valence-electron chi connectivity index (χ3n) is 2.77. The van der Waals surface area contributed by atoms with E-state index >= 15 is 0 Å². The van der Waals surface area contributed by atoms with E-state index in [0.717, 1.165) is 11.4 Å². The highest BCUT2D eigenvalue weighted by Crippen LogP contribution is 2.16. The SMILES string of the molecule is Sc1ccc(C[n+]2csc3ccccc32)cc1. The van der Waals surface area contributed by atoms with Crippen molar-refractivity contribution in [2.75, 3.05) is 0 Å². The molecule has 0 N–H and O–H groups in total. The van der Waals surface area contributed by atoms with Gasteiger partial charge < -0.3 is 0 Å². The van der Waals surface area contributed by atoms with E-state index in [9.17, 15) is 0 Å². The van der Waals surface area contributed by atoms with Crippen molar-refractivity contribution in [1.29, 1.82) is 0 Å². The van der Waals surface area contributed by atoms with Crippen molar-refractivity contribution in [3.8, 4) is 0 Å². The predicted molar refractivity (Wildman–Crippen MR) is 74.8 cm³/mol. The van der Waals surface area contributed by atoms with Crippen molar-refractivity contribution in [2.45, 2.75) is 11.4 Å². The second kappa shape index (κ2) is 4.51. The second-order valence-electron chi connectivity index (χ2n) is 3.99. The molecule has 0 saturated heterocycles. The number of benzene rings is 2. The van der Waals surface area contributed by atoms with Crippen molar-refractivity contribution in [3.05, 3.63) is 59.6 Å². The van der Waals surface area contributed by atoms with Crippen LogP contribution in [0.2, 0.25) is 0 Å². The van der Waals surface area contributed by atoms with Crippen LogP contribution in [0.1, 0.15) is 5.56 Å². The van der Waals surface area contributed by atoms with Crippen LogP contribution in [-0.2, 0) is 6.54 Å². The quantitative estimate of drug-likeness (QED) is 0.529. The van der Waals surface area contributed by atoms with E-state index in [0.29, 0.717) is 0 Å². The number of para-hydroxylation sites is 1. The van der Waals surface area contributed by atoms with E-state index in [1.165, 1.54) is 15.8 Å². The Hall–Kier alpha value is -1.32. The molecule has 0 aliphatic carbocycles. The Balaban J connectivity index is 1.97. The molecule has 1 aromatic heterocycles. The van der Waals surface area contributed by atoms with Gasteiger partial charge in [0.25, 0.3) is 0 Å². The van der Waals surface area contributed by atoms with Gasteiger partial charge in [-0.25, -0.2) is 0 Å². The van der Waals surface area contributed by atoms with Crippen LogP contribution in [0.3, 0.4) is 0 Å². The molecule has 0 amide bonds.